The van der Waals surface area contributed by atoms with Crippen molar-refractivity contribution in [2.24, 2.45) is 0 Å². The lowest BCUT2D eigenvalue weighted by Gasteiger charge is -2.40. The van der Waals surface area contributed by atoms with Crippen molar-refractivity contribution in [1.82, 2.24) is 0 Å². The fourth-order valence-electron chi connectivity index (χ4n) is 8.15. The highest BCUT2D eigenvalue weighted by atomic mass is 16.7. The lowest BCUT2D eigenvalue weighted by Crippen LogP contribution is -2.61. The second kappa shape index (κ2) is 50.5. The maximum atomic E-state index is 13.1. The van der Waals surface area contributed by atoms with Gasteiger partial charge in [0.25, 0.3) is 0 Å². The molecular formula is C63H102O12. The van der Waals surface area contributed by atoms with Crippen LogP contribution in [0.25, 0.3) is 0 Å². The van der Waals surface area contributed by atoms with Crippen LogP contribution in [0.15, 0.2) is 97.2 Å². The number of carboxylic acid groups (broad SMARTS) is 1. The molecule has 1 rings (SSSR count). The first kappa shape index (κ1) is 68.7. The molecule has 1 aliphatic heterocycles. The Hall–Kier alpha value is -4.36. The lowest BCUT2D eigenvalue weighted by atomic mass is 9.98. The van der Waals surface area contributed by atoms with Crippen LogP contribution in [0.4, 0.5) is 0 Å². The van der Waals surface area contributed by atoms with Crippen molar-refractivity contribution in [3.05, 3.63) is 97.2 Å². The van der Waals surface area contributed by atoms with Gasteiger partial charge in [-0.25, -0.2) is 4.79 Å². The number of rotatable bonds is 48. The summed E-state index contributed by atoms with van der Waals surface area (Å²) in [5.74, 6) is -3.27. The Bertz CT molecular complexity index is 1670. The number of unbranched alkanes of at least 4 members (excludes halogenated alkanes) is 18. The fourth-order valence-corrected chi connectivity index (χ4v) is 8.15. The number of aliphatic hydroxyl groups excluding tert-OH is 2. The zero-order valence-corrected chi connectivity index (χ0v) is 46.8. The summed E-state index contributed by atoms with van der Waals surface area (Å²) in [5, 5.41) is 31.4. The van der Waals surface area contributed by atoms with Crippen LogP contribution in [0.1, 0.15) is 226 Å². The summed E-state index contributed by atoms with van der Waals surface area (Å²) >= 11 is 0. The van der Waals surface area contributed by atoms with Gasteiger partial charge in [0.05, 0.1) is 6.61 Å². The molecule has 0 radical (unpaired) electrons. The topological polar surface area (TPSA) is 175 Å². The van der Waals surface area contributed by atoms with Crippen LogP contribution in [0.5, 0.6) is 0 Å². The molecule has 0 aromatic carbocycles. The molecule has 6 atom stereocenters. The highest BCUT2D eigenvalue weighted by Crippen LogP contribution is 2.26. The highest BCUT2D eigenvalue weighted by molar-refractivity contribution is 5.74. The normalized spacial score (nSPS) is 18.9. The van der Waals surface area contributed by atoms with Crippen molar-refractivity contribution < 1.29 is 58.2 Å². The van der Waals surface area contributed by atoms with Gasteiger partial charge in [-0.05, 0) is 109 Å². The standard InChI is InChI=1S/C63H102O12/c1-4-7-10-13-16-19-22-25-27-28-30-32-34-37-40-43-46-49-55(64)71-52-54(73-56(65)50-47-44-41-38-35-31-24-21-18-15-12-9-6-3)53-72-63-61(59(68)58(67)60(75-63)62(69)70)74-57(66)51-48-45-42-39-36-33-29-26-23-20-17-14-11-8-5-2/h9,12,16-21,25-27,29,31,35,41,44,54,58-61,63,67-68H,4-8,10-11,13-15,22-24,28,30,32-34,36-40,42-43,45-53H2,1-3H3,(H,69,70)/b12-9-,19-16-,20-17-,21-18-,27-25-,29-26-,35-31-,44-41-. The first-order valence-electron chi connectivity index (χ1n) is 29.2. The molecule has 12 heteroatoms. The van der Waals surface area contributed by atoms with E-state index in [0.717, 1.165) is 103 Å². The van der Waals surface area contributed by atoms with Crippen LogP contribution in [0, 0.1) is 0 Å². The third kappa shape index (κ3) is 40.6. The quantitative estimate of drug-likeness (QED) is 0.0228. The number of carbonyl (C=O) groups excluding carboxylic acids is 3. The number of carboxylic acids is 1. The number of hydrogen-bond acceptors (Lipinski definition) is 11. The Labute approximate surface area is 453 Å². The molecule has 1 fully saturated rings. The number of ether oxygens (including phenoxy) is 5. The molecule has 426 valence electrons. The Morgan fingerprint density at radius 2 is 0.867 bits per heavy atom. The van der Waals surface area contributed by atoms with Gasteiger partial charge < -0.3 is 39.0 Å². The van der Waals surface area contributed by atoms with Crippen LogP contribution in [0.3, 0.4) is 0 Å². The van der Waals surface area contributed by atoms with Crippen molar-refractivity contribution in [1.29, 1.82) is 0 Å². The zero-order valence-electron chi connectivity index (χ0n) is 46.8. The third-order valence-electron chi connectivity index (χ3n) is 12.6. The number of allylic oxidation sites excluding steroid dienone is 16. The second-order valence-electron chi connectivity index (χ2n) is 19.5. The fraction of sp³-hybridized carbons (Fsp3) is 0.683. The summed E-state index contributed by atoms with van der Waals surface area (Å²) in [5.41, 5.74) is 0. The van der Waals surface area contributed by atoms with E-state index >= 15 is 0 Å². The molecule has 0 aromatic rings. The molecule has 75 heavy (non-hydrogen) atoms. The van der Waals surface area contributed by atoms with Gasteiger partial charge in [0.15, 0.2) is 24.6 Å². The summed E-state index contributed by atoms with van der Waals surface area (Å²) < 4.78 is 28.3. The van der Waals surface area contributed by atoms with E-state index in [1.54, 1.807) is 0 Å². The van der Waals surface area contributed by atoms with Crippen LogP contribution in [-0.2, 0) is 42.9 Å². The van der Waals surface area contributed by atoms with Gasteiger partial charge in [-0.1, -0.05) is 195 Å². The molecule has 0 saturated carbocycles. The predicted octanol–water partition coefficient (Wildman–Crippen LogP) is 14.9. The van der Waals surface area contributed by atoms with E-state index in [1.807, 2.05) is 12.2 Å². The minimum atomic E-state index is -1.92. The van der Waals surface area contributed by atoms with Crippen LogP contribution >= 0.6 is 0 Å². The monoisotopic (exact) mass is 1050 g/mol. The van der Waals surface area contributed by atoms with E-state index in [9.17, 15) is 34.5 Å². The average Bonchev–Trinajstić information content (AvgIpc) is 3.39. The lowest BCUT2D eigenvalue weighted by molar-refractivity contribution is -0.301. The number of carbonyl (C=O) groups is 4. The third-order valence-corrected chi connectivity index (χ3v) is 12.6. The molecule has 3 N–H and O–H groups in total. The second-order valence-corrected chi connectivity index (χ2v) is 19.5. The van der Waals surface area contributed by atoms with E-state index < -0.39 is 67.3 Å². The molecule has 0 aromatic heterocycles. The minimum absolute atomic E-state index is 0.0317. The largest absolute Gasteiger partial charge is 0.479 e. The van der Waals surface area contributed by atoms with E-state index in [-0.39, 0.29) is 25.9 Å². The first-order valence-corrected chi connectivity index (χ1v) is 29.2. The summed E-state index contributed by atoms with van der Waals surface area (Å²) in [6, 6.07) is 0. The highest BCUT2D eigenvalue weighted by Gasteiger charge is 2.50. The molecule has 6 unspecified atom stereocenters. The van der Waals surface area contributed by atoms with Crippen molar-refractivity contribution in [3.63, 3.8) is 0 Å². The smallest absolute Gasteiger partial charge is 0.335 e. The SMILES string of the molecule is CC/C=C\C/C=C\C/C=C\C/C=C\CCC(=O)OC(COC(=O)CCCCCCCCC/C=C\C/C=C\CCCCC)COC1OC(C(=O)O)C(O)C(O)C1OC(=O)CCCCCCC/C=C\C/C=C\CCCCC. The van der Waals surface area contributed by atoms with Crippen molar-refractivity contribution in [3.8, 4) is 0 Å². The summed E-state index contributed by atoms with van der Waals surface area (Å²) in [6.45, 7) is 5.74. The maximum absolute atomic E-state index is 13.1. The number of hydrogen-bond donors (Lipinski definition) is 3. The Morgan fingerprint density at radius 3 is 1.33 bits per heavy atom. The van der Waals surface area contributed by atoms with Gasteiger partial charge in [-0.15, -0.1) is 0 Å². The molecule has 0 aliphatic carbocycles. The van der Waals surface area contributed by atoms with E-state index in [2.05, 4.69) is 106 Å². The zero-order chi connectivity index (χ0) is 54.7. The summed E-state index contributed by atoms with van der Waals surface area (Å²) in [6.07, 6.45) is 53.9. The number of aliphatic hydroxyl groups is 2. The molecule has 1 aliphatic rings. The average molecular weight is 1050 g/mol. The Kier molecular flexibility index (Phi) is 46.2. The van der Waals surface area contributed by atoms with Crippen LogP contribution in [0.2, 0.25) is 0 Å². The summed E-state index contributed by atoms with van der Waals surface area (Å²) in [4.78, 5) is 51.0. The predicted molar refractivity (Wildman–Crippen MR) is 303 cm³/mol. The van der Waals surface area contributed by atoms with E-state index in [1.165, 1.54) is 57.8 Å². The van der Waals surface area contributed by atoms with Crippen molar-refractivity contribution in [2.75, 3.05) is 13.2 Å². The van der Waals surface area contributed by atoms with Gasteiger partial charge >= 0.3 is 23.9 Å². The molecular weight excluding hydrogens is 949 g/mol. The van der Waals surface area contributed by atoms with Crippen LogP contribution in [-0.4, -0.2) is 89.2 Å². The Balaban J connectivity index is 2.74. The van der Waals surface area contributed by atoms with Gasteiger partial charge in [-0.2, -0.15) is 0 Å². The van der Waals surface area contributed by atoms with Gasteiger partial charge in [0, 0.05) is 19.3 Å². The molecule has 0 bridgehead atoms. The van der Waals surface area contributed by atoms with Crippen molar-refractivity contribution >= 4 is 23.9 Å². The molecule has 0 spiro atoms. The number of esters is 3. The Morgan fingerprint density at radius 1 is 0.453 bits per heavy atom. The van der Waals surface area contributed by atoms with Gasteiger partial charge in [0.2, 0.25) is 0 Å². The van der Waals surface area contributed by atoms with Gasteiger partial charge in [-0.3, -0.25) is 14.4 Å². The molecule has 1 saturated heterocycles. The van der Waals surface area contributed by atoms with Crippen molar-refractivity contribution in [2.45, 2.75) is 263 Å². The maximum Gasteiger partial charge on any atom is 0.335 e. The number of aliphatic carboxylic acids is 1. The van der Waals surface area contributed by atoms with Crippen LogP contribution < -0.4 is 0 Å². The van der Waals surface area contributed by atoms with Gasteiger partial charge in [0.1, 0.15) is 18.8 Å². The first-order chi connectivity index (χ1) is 36.6. The molecule has 1 heterocycles. The minimum Gasteiger partial charge on any atom is -0.479 e. The molecule has 0 amide bonds. The van der Waals surface area contributed by atoms with E-state index in [0.29, 0.717) is 25.7 Å². The molecule has 12 nitrogen and oxygen atoms in total. The van der Waals surface area contributed by atoms with E-state index in [4.69, 9.17) is 23.7 Å². The summed E-state index contributed by atoms with van der Waals surface area (Å²) in [7, 11) is 0.